The summed E-state index contributed by atoms with van der Waals surface area (Å²) in [7, 11) is 0. The Morgan fingerprint density at radius 1 is 1.42 bits per heavy atom. The summed E-state index contributed by atoms with van der Waals surface area (Å²) in [5, 5.41) is 8.59. The van der Waals surface area contributed by atoms with Crippen molar-refractivity contribution in [2.24, 2.45) is 0 Å². The molecule has 4 nitrogen and oxygen atoms in total. The van der Waals surface area contributed by atoms with Crippen LogP contribution in [0, 0.1) is 0 Å². The summed E-state index contributed by atoms with van der Waals surface area (Å²) in [5.74, 6) is 0.293. The second-order valence-electron chi connectivity index (χ2n) is 5.43. The smallest absolute Gasteiger partial charge is 0.313 e. The number of carboxylic acids is 1. The molecule has 2 rings (SSSR count). The zero-order valence-electron chi connectivity index (χ0n) is 11.3. The van der Waals surface area contributed by atoms with E-state index in [9.17, 15) is 4.79 Å². The number of rotatable bonds is 4. The van der Waals surface area contributed by atoms with Crippen LogP contribution in [0.5, 0.6) is 0 Å². The lowest BCUT2D eigenvalue weighted by Crippen LogP contribution is -2.10. The van der Waals surface area contributed by atoms with Crippen LogP contribution in [0.2, 0.25) is 0 Å². The van der Waals surface area contributed by atoms with E-state index in [4.69, 9.17) is 9.52 Å². The number of thioether (sulfide) groups is 1. The fourth-order valence-corrected chi connectivity index (χ4v) is 2.30. The quantitative estimate of drug-likeness (QED) is 0.928. The number of oxazole rings is 1. The van der Waals surface area contributed by atoms with E-state index < -0.39 is 5.97 Å². The number of nitrogens with zero attached hydrogens (tertiary/aromatic N) is 1. The number of hydrogen-bond donors (Lipinski definition) is 1. The van der Waals surface area contributed by atoms with E-state index in [1.807, 2.05) is 18.2 Å². The highest BCUT2D eigenvalue weighted by atomic mass is 32.2. The van der Waals surface area contributed by atoms with Gasteiger partial charge in [0.05, 0.1) is 11.5 Å². The third kappa shape index (κ3) is 3.50. The van der Waals surface area contributed by atoms with Gasteiger partial charge in [-0.05, 0) is 23.1 Å². The first kappa shape index (κ1) is 13.9. The van der Waals surface area contributed by atoms with Gasteiger partial charge in [0.1, 0.15) is 5.52 Å². The monoisotopic (exact) mass is 279 g/mol. The normalized spacial score (nSPS) is 11.9. The van der Waals surface area contributed by atoms with Gasteiger partial charge in [0.15, 0.2) is 5.58 Å². The van der Waals surface area contributed by atoms with Crippen molar-refractivity contribution in [2.45, 2.75) is 31.9 Å². The second-order valence-corrected chi connectivity index (χ2v) is 6.41. The predicted octanol–water partition coefficient (Wildman–Crippen LogP) is 3.44. The summed E-state index contributed by atoms with van der Waals surface area (Å²) >= 11 is 1.28. The third-order valence-corrected chi connectivity index (χ3v) is 3.65. The molecule has 19 heavy (non-hydrogen) atoms. The second kappa shape index (κ2) is 5.25. The van der Waals surface area contributed by atoms with Gasteiger partial charge in [-0.3, -0.25) is 4.79 Å². The molecule has 1 N–H and O–H groups in total. The van der Waals surface area contributed by atoms with Crippen LogP contribution >= 0.6 is 11.8 Å². The highest BCUT2D eigenvalue weighted by Crippen LogP contribution is 2.27. The molecule has 0 aliphatic heterocycles. The lowest BCUT2D eigenvalue weighted by atomic mass is 9.87. The number of carboxylic acid groups (broad SMARTS) is 1. The minimum atomic E-state index is -0.823. The van der Waals surface area contributed by atoms with Gasteiger partial charge in [-0.25, -0.2) is 4.98 Å². The molecule has 1 aromatic carbocycles. The molecule has 0 atom stereocenters. The highest BCUT2D eigenvalue weighted by Gasteiger charge is 2.15. The fourth-order valence-electron chi connectivity index (χ4n) is 1.73. The van der Waals surface area contributed by atoms with Gasteiger partial charge in [-0.1, -0.05) is 26.8 Å². The summed E-state index contributed by atoms with van der Waals surface area (Å²) in [6.07, 6.45) is 0. The largest absolute Gasteiger partial charge is 0.481 e. The molecule has 5 heteroatoms. The Bertz CT molecular complexity index is 598. The molecule has 0 saturated heterocycles. The van der Waals surface area contributed by atoms with E-state index in [1.165, 1.54) is 17.3 Å². The zero-order chi connectivity index (χ0) is 14.0. The number of carbonyl (C=O) groups is 1. The van der Waals surface area contributed by atoms with E-state index in [-0.39, 0.29) is 11.2 Å². The van der Waals surface area contributed by atoms with Gasteiger partial charge in [0.2, 0.25) is 5.89 Å². The molecule has 102 valence electrons. The molecule has 0 bridgehead atoms. The van der Waals surface area contributed by atoms with Gasteiger partial charge in [-0.2, -0.15) is 0 Å². The molecule has 1 heterocycles. The average molecular weight is 279 g/mol. The van der Waals surface area contributed by atoms with Gasteiger partial charge in [0.25, 0.3) is 0 Å². The number of aliphatic carboxylic acids is 1. The number of hydrogen-bond acceptors (Lipinski definition) is 4. The Morgan fingerprint density at radius 2 is 2.16 bits per heavy atom. The first-order valence-corrected chi connectivity index (χ1v) is 7.21. The molecule has 0 spiro atoms. The van der Waals surface area contributed by atoms with Crippen LogP contribution in [0.25, 0.3) is 11.1 Å². The van der Waals surface area contributed by atoms with Crippen LogP contribution in [0.15, 0.2) is 22.6 Å². The van der Waals surface area contributed by atoms with Crippen LogP contribution in [0.1, 0.15) is 32.2 Å². The van der Waals surface area contributed by atoms with Crippen LogP contribution in [-0.4, -0.2) is 21.8 Å². The van der Waals surface area contributed by atoms with E-state index >= 15 is 0 Å². The molecule has 0 unspecified atom stereocenters. The molecular formula is C14H17NO3S. The van der Waals surface area contributed by atoms with Crippen LogP contribution in [0.3, 0.4) is 0 Å². The summed E-state index contributed by atoms with van der Waals surface area (Å²) in [6, 6.07) is 6.00. The predicted molar refractivity (Wildman–Crippen MR) is 76.5 cm³/mol. The van der Waals surface area contributed by atoms with Gasteiger partial charge >= 0.3 is 5.97 Å². The first-order valence-electron chi connectivity index (χ1n) is 6.06. The minimum Gasteiger partial charge on any atom is -0.481 e. The van der Waals surface area contributed by atoms with E-state index in [1.54, 1.807) is 0 Å². The lowest BCUT2D eigenvalue weighted by Gasteiger charge is -2.18. The van der Waals surface area contributed by atoms with E-state index in [0.717, 1.165) is 11.1 Å². The SMILES string of the molecule is CC(C)(C)c1ccc2oc(CSCC(=O)O)nc2c1. The molecule has 2 aromatic rings. The van der Waals surface area contributed by atoms with Gasteiger partial charge < -0.3 is 9.52 Å². The maximum absolute atomic E-state index is 10.4. The Labute approximate surface area is 116 Å². The van der Waals surface area contributed by atoms with Gasteiger partial charge in [-0.15, -0.1) is 11.8 Å². The summed E-state index contributed by atoms with van der Waals surface area (Å²) in [5.41, 5.74) is 2.86. The lowest BCUT2D eigenvalue weighted by molar-refractivity contribution is -0.133. The molecule has 1 aromatic heterocycles. The van der Waals surface area contributed by atoms with Crippen LogP contribution < -0.4 is 0 Å². The molecule has 0 amide bonds. The van der Waals surface area contributed by atoms with Crippen molar-refractivity contribution in [3.05, 3.63) is 29.7 Å². The molecule has 0 radical (unpaired) electrons. The molecule has 0 saturated carbocycles. The Morgan fingerprint density at radius 3 is 2.79 bits per heavy atom. The maximum atomic E-state index is 10.4. The molecule has 0 fully saturated rings. The Kier molecular flexibility index (Phi) is 3.85. The Balaban J connectivity index is 2.18. The van der Waals surface area contributed by atoms with Crippen molar-refractivity contribution in [2.75, 3.05) is 5.75 Å². The average Bonchev–Trinajstić information content (AvgIpc) is 2.68. The topological polar surface area (TPSA) is 63.3 Å². The first-order chi connectivity index (χ1) is 8.86. The standard InChI is InChI=1S/C14H17NO3S/c1-14(2,3)9-4-5-11-10(6-9)15-12(18-11)7-19-8-13(16)17/h4-6H,7-8H2,1-3H3,(H,16,17). The molecule has 0 aliphatic carbocycles. The fraction of sp³-hybridized carbons (Fsp3) is 0.429. The zero-order valence-corrected chi connectivity index (χ0v) is 12.1. The third-order valence-electron chi connectivity index (χ3n) is 2.75. The maximum Gasteiger partial charge on any atom is 0.313 e. The molecule has 0 aliphatic rings. The van der Waals surface area contributed by atoms with Crippen molar-refractivity contribution in [1.29, 1.82) is 0 Å². The number of aromatic nitrogens is 1. The number of benzene rings is 1. The Hall–Kier alpha value is -1.49. The van der Waals surface area contributed by atoms with Crippen LogP contribution in [-0.2, 0) is 16.0 Å². The minimum absolute atomic E-state index is 0.0615. The molecular weight excluding hydrogens is 262 g/mol. The summed E-state index contributed by atoms with van der Waals surface area (Å²) in [4.78, 5) is 14.8. The number of fused-ring (bicyclic) bond motifs is 1. The van der Waals surface area contributed by atoms with Crippen molar-refractivity contribution in [1.82, 2.24) is 4.98 Å². The van der Waals surface area contributed by atoms with Gasteiger partial charge in [0, 0.05) is 0 Å². The van der Waals surface area contributed by atoms with Crippen molar-refractivity contribution in [3.8, 4) is 0 Å². The highest BCUT2D eigenvalue weighted by molar-refractivity contribution is 7.99. The van der Waals surface area contributed by atoms with Crippen molar-refractivity contribution >= 4 is 28.8 Å². The summed E-state index contributed by atoms with van der Waals surface area (Å²) < 4.78 is 5.59. The van der Waals surface area contributed by atoms with E-state index in [2.05, 4.69) is 25.8 Å². The van der Waals surface area contributed by atoms with Crippen molar-refractivity contribution < 1.29 is 14.3 Å². The van der Waals surface area contributed by atoms with E-state index in [0.29, 0.717) is 11.6 Å². The van der Waals surface area contributed by atoms with Crippen LogP contribution in [0.4, 0.5) is 0 Å². The van der Waals surface area contributed by atoms with Crippen molar-refractivity contribution in [3.63, 3.8) is 0 Å². The summed E-state index contributed by atoms with van der Waals surface area (Å²) in [6.45, 7) is 6.45.